The van der Waals surface area contributed by atoms with E-state index >= 15 is 0 Å². The predicted molar refractivity (Wildman–Crippen MR) is 78.1 cm³/mol. The molecule has 0 amide bonds. The lowest BCUT2D eigenvalue weighted by atomic mass is 10.1. The number of halogens is 3. The zero-order valence-corrected chi connectivity index (χ0v) is 12.2. The van der Waals surface area contributed by atoms with Crippen LogP contribution in [0, 0.1) is 0 Å². The highest BCUT2D eigenvalue weighted by molar-refractivity contribution is 5.48. The molecule has 0 aliphatic carbocycles. The fourth-order valence-electron chi connectivity index (χ4n) is 1.89. The Hall–Kier alpha value is -2.37. The van der Waals surface area contributed by atoms with Gasteiger partial charge in [0, 0.05) is 0 Å². The number of ether oxygens (including phenoxy) is 1. The summed E-state index contributed by atoms with van der Waals surface area (Å²) in [6.45, 7) is 2.01. The molecule has 0 atom stereocenters. The predicted octanol–water partition coefficient (Wildman–Crippen LogP) is 4.68. The van der Waals surface area contributed by atoms with E-state index in [1.54, 1.807) is 6.07 Å². The van der Waals surface area contributed by atoms with E-state index in [0.29, 0.717) is 11.5 Å². The van der Waals surface area contributed by atoms with Gasteiger partial charge in [-0.15, -0.1) is 0 Å². The van der Waals surface area contributed by atoms with Gasteiger partial charge in [0.05, 0.1) is 18.4 Å². The van der Waals surface area contributed by atoms with Gasteiger partial charge in [-0.2, -0.15) is 13.2 Å². The molecule has 0 unspecified atom stereocenters. The summed E-state index contributed by atoms with van der Waals surface area (Å²) in [5.41, 5.74) is 3.04. The molecule has 118 valence electrons. The number of hydrogen-bond acceptors (Lipinski definition) is 3. The van der Waals surface area contributed by atoms with E-state index in [1.165, 1.54) is 19.2 Å². The largest absolute Gasteiger partial charge is 0.493 e. The smallest absolute Gasteiger partial charge is 0.416 e. The molecule has 0 aliphatic heterocycles. The second-order valence-corrected chi connectivity index (χ2v) is 4.62. The summed E-state index contributed by atoms with van der Waals surface area (Å²) in [7, 11) is 1.51. The fourth-order valence-corrected chi connectivity index (χ4v) is 1.89. The van der Waals surface area contributed by atoms with E-state index in [0.717, 1.165) is 24.1 Å². The maximum absolute atomic E-state index is 12.6. The van der Waals surface area contributed by atoms with Crippen molar-refractivity contribution in [3.05, 3.63) is 53.6 Å². The summed E-state index contributed by atoms with van der Waals surface area (Å²) in [6, 6.07) is 10.2. The van der Waals surface area contributed by atoms with Crippen LogP contribution in [0.3, 0.4) is 0 Å². The summed E-state index contributed by atoms with van der Waals surface area (Å²) >= 11 is 0. The van der Waals surface area contributed by atoms with E-state index < -0.39 is 11.7 Å². The monoisotopic (exact) mass is 311 g/mol. The highest BCUT2D eigenvalue weighted by atomic mass is 19.4. The number of alkyl halides is 3. The Morgan fingerprint density at radius 1 is 1.05 bits per heavy atom. The van der Waals surface area contributed by atoms with Crippen molar-refractivity contribution < 1.29 is 22.7 Å². The molecule has 0 heterocycles. The van der Waals surface area contributed by atoms with E-state index in [9.17, 15) is 13.2 Å². The molecule has 0 aliphatic rings. The molecule has 6 heteroatoms. The van der Waals surface area contributed by atoms with E-state index in [4.69, 9.17) is 9.57 Å². The first-order valence-corrected chi connectivity index (χ1v) is 6.71. The second kappa shape index (κ2) is 6.60. The van der Waals surface area contributed by atoms with Crippen molar-refractivity contribution in [1.29, 1.82) is 0 Å². The van der Waals surface area contributed by atoms with Gasteiger partial charge in [0.2, 0.25) is 0 Å². The number of hydrogen-bond donors (Lipinski definition) is 1. The Morgan fingerprint density at radius 3 is 2.45 bits per heavy atom. The number of aryl methyl sites for hydroxylation is 1. The topological polar surface area (TPSA) is 30.5 Å². The fraction of sp³-hybridized carbons (Fsp3) is 0.250. The molecular formula is C16H16F3NO2. The Kier molecular flexibility index (Phi) is 4.80. The third-order valence-corrected chi connectivity index (χ3v) is 3.11. The van der Waals surface area contributed by atoms with Gasteiger partial charge in [0.15, 0.2) is 11.5 Å². The van der Waals surface area contributed by atoms with Crippen LogP contribution in [0.2, 0.25) is 0 Å². The first-order valence-electron chi connectivity index (χ1n) is 6.71. The van der Waals surface area contributed by atoms with Crippen LogP contribution in [0.5, 0.6) is 11.5 Å². The van der Waals surface area contributed by atoms with Crippen LogP contribution in [-0.2, 0) is 12.6 Å². The Bertz CT molecular complexity index is 642. The highest BCUT2D eigenvalue weighted by Gasteiger charge is 2.30. The molecule has 0 saturated carbocycles. The standard InChI is InChI=1S/C16H16F3NO2/c1-3-11-7-8-14(15(9-11)21-2)22-20-13-6-4-5-12(10-13)16(17,18)19/h4-10,20H,3H2,1-2H3. The molecule has 2 rings (SSSR count). The van der Waals surface area contributed by atoms with Crippen molar-refractivity contribution in [3.63, 3.8) is 0 Å². The van der Waals surface area contributed by atoms with Crippen molar-refractivity contribution in [1.82, 2.24) is 0 Å². The van der Waals surface area contributed by atoms with Crippen LogP contribution < -0.4 is 15.1 Å². The third kappa shape index (κ3) is 3.84. The molecule has 2 aromatic rings. The van der Waals surface area contributed by atoms with Crippen molar-refractivity contribution in [2.75, 3.05) is 12.6 Å². The van der Waals surface area contributed by atoms with Crippen molar-refractivity contribution in [2.24, 2.45) is 0 Å². The third-order valence-electron chi connectivity index (χ3n) is 3.11. The number of nitrogens with one attached hydrogen (secondary N) is 1. The van der Waals surface area contributed by atoms with Crippen LogP contribution >= 0.6 is 0 Å². The van der Waals surface area contributed by atoms with E-state index in [1.807, 2.05) is 19.1 Å². The normalized spacial score (nSPS) is 11.1. The molecular weight excluding hydrogens is 295 g/mol. The summed E-state index contributed by atoms with van der Waals surface area (Å²) in [5.74, 6) is 0.913. The average Bonchev–Trinajstić information content (AvgIpc) is 2.52. The summed E-state index contributed by atoms with van der Waals surface area (Å²) < 4.78 is 43.1. The van der Waals surface area contributed by atoms with Gasteiger partial charge < -0.3 is 9.57 Å². The maximum Gasteiger partial charge on any atom is 0.416 e. The summed E-state index contributed by atoms with van der Waals surface area (Å²) in [4.78, 5) is 5.34. The van der Waals surface area contributed by atoms with Gasteiger partial charge in [-0.3, -0.25) is 0 Å². The first kappa shape index (κ1) is 16.0. The molecule has 0 spiro atoms. The van der Waals surface area contributed by atoms with Crippen LogP contribution in [0.4, 0.5) is 18.9 Å². The lowest BCUT2D eigenvalue weighted by Crippen LogP contribution is -2.09. The minimum atomic E-state index is -4.39. The number of benzene rings is 2. The molecule has 0 radical (unpaired) electrons. The van der Waals surface area contributed by atoms with Crippen molar-refractivity contribution >= 4 is 5.69 Å². The van der Waals surface area contributed by atoms with Gasteiger partial charge in [0.1, 0.15) is 0 Å². The molecule has 22 heavy (non-hydrogen) atoms. The highest BCUT2D eigenvalue weighted by Crippen LogP contribution is 2.32. The van der Waals surface area contributed by atoms with Crippen LogP contribution in [0.15, 0.2) is 42.5 Å². The minimum absolute atomic E-state index is 0.205. The SMILES string of the molecule is CCc1ccc(ONc2cccc(C(F)(F)F)c2)c(OC)c1. The van der Waals surface area contributed by atoms with Gasteiger partial charge in [-0.05, 0) is 42.3 Å². The summed E-state index contributed by atoms with van der Waals surface area (Å²) in [6.07, 6.45) is -3.55. The zero-order chi connectivity index (χ0) is 16.2. The van der Waals surface area contributed by atoms with Crippen LogP contribution in [-0.4, -0.2) is 7.11 Å². The Balaban J connectivity index is 2.13. The van der Waals surface area contributed by atoms with Gasteiger partial charge >= 0.3 is 6.18 Å². The quantitative estimate of drug-likeness (QED) is 0.813. The van der Waals surface area contributed by atoms with Crippen molar-refractivity contribution in [3.8, 4) is 11.5 Å². The molecule has 0 saturated heterocycles. The number of anilines is 1. The molecule has 3 nitrogen and oxygen atoms in total. The minimum Gasteiger partial charge on any atom is -0.493 e. The van der Waals surface area contributed by atoms with Gasteiger partial charge in [-0.1, -0.05) is 19.1 Å². The Labute approximate surface area is 126 Å². The molecule has 0 aromatic heterocycles. The molecule has 1 N–H and O–H groups in total. The van der Waals surface area contributed by atoms with E-state index in [2.05, 4.69) is 5.48 Å². The molecule has 0 fully saturated rings. The van der Waals surface area contributed by atoms with Gasteiger partial charge in [-0.25, -0.2) is 5.48 Å². The first-order chi connectivity index (χ1) is 10.4. The van der Waals surface area contributed by atoms with Crippen LogP contribution in [0.25, 0.3) is 0 Å². The summed E-state index contributed by atoms with van der Waals surface area (Å²) in [5, 5.41) is 0. The average molecular weight is 311 g/mol. The van der Waals surface area contributed by atoms with Crippen molar-refractivity contribution in [2.45, 2.75) is 19.5 Å². The van der Waals surface area contributed by atoms with Crippen LogP contribution in [0.1, 0.15) is 18.1 Å². The Morgan fingerprint density at radius 2 is 1.82 bits per heavy atom. The lowest BCUT2D eigenvalue weighted by molar-refractivity contribution is -0.137. The maximum atomic E-state index is 12.6. The molecule has 0 bridgehead atoms. The second-order valence-electron chi connectivity index (χ2n) is 4.62. The van der Waals surface area contributed by atoms with E-state index in [-0.39, 0.29) is 5.69 Å². The lowest BCUT2D eigenvalue weighted by Gasteiger charge is -2.13. The molecule has 2 aromatic carbocycles. The number of methoxy groups -OCH3 is 1. The van der Waals surface area contributed by atoms with Gasteiger partial charge in [0.25, 0.3) is 0 Å². The zero-order valence-electron chi connectivity index (χ0n) is 12.2. The number of rotatable bonds is 5.